The molecular weight excluding hydrogens is 505 g/mol. The Kier molecular flexibility index (Phi) is 10.3. The second kappa shape index (κ2) is 12.7. The number of benzene rings is 1. The Morgan fingerprint density at radius 2 is 2.06 bits per heavy atom. The number of hydrogen-bond acceptors (Lipinski definition) is 5. The van der Waals surface area contributed by atoms with Crippen LogP contribution in [0.2, 0.25) is 0 Å². The van der Waals surface area contributed by atoms with Crippen molar-refractivity contribution in [3.05, 3.63) is 53.7 Å². The van der Waals surface area contributed by atoms with E-state index >= 15 is 0 Å². The van der Waals surface area contributed by atoms with Gasteiger partial charge in [0.25, 0.3) is 0 Å². The van der Waals surface area contributed by atoms with Crippen molar-refractivity contribution in [1.29, 1.82) is 0 Å². The molecule has 0 aliphatic carbocycles. The second-order valence-electron chi connectivity index (χ2n) is 7.61. The molecule has 1 aromatic carbocycles. The third-order valence-corrected chi connectivity index (χ3v) is 5.30. The highest BCUT2D eigenvalue weighted by molar-refractivity contribution is 14.0. The normalized spacial score (nSPS) is 15.7. The van der Waals surface area contributed by atoms with E-state index in [0.29, 0.717) is 6.04 Å². The number of halogens is 1. The molecule has 7 nitrogen and oxygen atoms in total. The van der Waals surface area contributed by atoms with Crippen molar-refractivity contribution in [2.75, 3.05) is 38.2 Å². The predicted molar refractivity (Wildman–Crippen MR) is 137 cm³/mol. The van der Waals surface area contributed by atoms with Crippen LogP contribution in [-0.2, 0) is 0 Å². The summed E-state index contributed by atoms with van der Waals surface area (Å²) in [4.78, 5) is 11.5. The van der Waals surface area contributed by atoms with E-state index in [9.17, 15) is 5.11 Å². The van der Waals surface area contributed by atoms with Crippen molar-refractivity contribution in [1.82, 2.24) is 15.6 Å². The molecule has 170 valence electrons. The van der Waals surface area contributed by atoms with E-state index in [1.54, 1.807) is 7.11 Å². The quantitative estimate of drug-likeness (QED) is 0.285. The lowest BCUT2D eigenvalue weighted by atomic mass is 10.1. The Morgan fingerprint density at radius 3 is 2.71 bits per heavy atom. The third kappa shape index (κ3) is 7.53. The van der Waals surface area contributed by atoms with Crippen molar-refractivity contribution < 1.29 is 9.84 Å². The van der Waals surface area contributed by atoms with Crippen molar-refractivity contribution in [2.24, 2.45) is 4.99 Å². The lowest BCUT2D eigenvalue weighted by Gasteiger charge is -2.34. The predicted octanol–water partition coefficient (Wildman–Crippen LogP) is 3.27. The van der Waals surface area contributed by atoms with Crippen LogP contribution >= 0.6 is 24.0 Å². The van der Waals surface area contributed by atoms with Gasteiger partial charge in [0.05, 0.1) is 19.8 Å². The lowest BCUT2D eigenvalue weighted by molar-refractivity contribution is 0.186. The van der Waals surface area contributed by atoms with Crippen molar-refractivity contribution in [2.45, 2.75) is 38.8 Å². The summed E-state index contributed by atoms with van der Waals surface area (Å²) >= 11 is 0. The number of hydrogen-bond donors (Lipinski definition) is 3. The van der Waals surface area contributed by atoms with E-state index in [2.05, 4.69) is 44.6 Å². The highest BCUT2D eigenvalue weighted by Gasteiger charge is 2.21. The van der Waals surface area contributed by atoms with Crippen LogP contribution < -0.4 is 20.3 Å². The summed E-state index contributed by atoms with van der Waals surface area (Å²) < 4.78 is 5.24. The molecular formula is C23H34IN5O2. The smallest absolute Gasteiger partial charge is 0.191 e. The fourth-order valence-corrected chi connectivity index (χ4v) is 3.55. The molecule has 0 spiro atoms. The standard InChI is InChI=1S/C23H33N5O2.HI/c1-4-24-23(26-16-21(29)18-6-5-7-20(14-18)30-3)27-19-10-12-28(13-11-19)22-9-8-17(2)15-25-22;/h5-9,14-15,19,21,29H,4,10-13,16H2,1-3H3,(H2,24,26,27);1H. The minimum atomic E-state index is -0.676. The molecule has 31 heavy (non-hydrogen) atoms. The average molecular weight is 539 g/mol. The third-order valence-electron chi connectivity index (χ3n) is 5.30. The first kappa shape index (κ1) is 25.2. The number of rotatable bonds is 7. The molecule has 1 aromatic heterocycles. The number of guanidine groups is 1. The largest absolute Gasteiger partial charge is 0.497 e. The first-order valence-corrected chi connectivity index (χ1v) is 10.6. The van der Waals surface area contributed by atoms with Gasteiger partial charge in [0, 0.05) is 31.9 Å². The summed E-state index contributed by atoms with van der Waals surface area (Å²) in [7, 11) is 1.62. The van der Waals surface area contributed by atoms with E-state index < -0.39 is 6.10 Å². The Bertz CT molecular complexity index is 823. The van der Waals surface area contributed by atoms with E-state index in [-0.39, 0.29) is 30.5 Å². The molecule has 2 aromatic rings. The van der Waals surface area contributed by atoms with Gasteiger partial charge in [0.15, 0.2) is 5.96 Å². The summed E-state index contributed by atoms with van der Waals surface area (Å²) in [6.07, 6.45) is 3.27. The molecule has 1 saturated heterocycles. The summed E-state index contributed by atoms with van der Waals surface area (Å²) in [5.74, 6) is 2.52. The number of aromatic nitrogens is 1. The Balaban J connectivity index is 0.00000341. The topological polar surface area (TPSA) is 82.0 Å². The van der Waals surface area contributed by atoms with Gasteiger partial charge in [0.2, 0.25) is 0 Å². The zero-order valence-electron chi connectivity index (χ0n) is 18.5. The van der Waals surface area contributed by atoms with Crippen LogP contribution in [0.5, 0.6) is 5.75 Å². The fourth-order valence-electron chi connectivity index (χ4n) is 3.55. The molecule has 1 unspecified atom stereocenters. The molecule has 0 radical (unpaired) electrons. The van der Waals surface area contributed by atoms with Gasteiger partial charge < -0.3 is 25.4 Å². The number of aliphatic imine (C=N–C) groups is 1. The van der Waals surface area contributed by atoms with Crippen molar-refractivity contribution >= 4 is 35.8 Å². The molecule has 3 N–H and O–H groups in total. The molecule has 2 heterocycles. The Hall–Kier alpha value is -2.07. The molecule has 8 heteroatoms. The molecule has 0 amide bonds. The number of aliphatic hydroxyl groups is 1. The summed E-state index contributed by atoms with van der Waals surface area (Å²) in [6, 6.07) is 12.0. The highest BCUT2D eigenvalue weighted by atomic mass is 127. The number of anilines is 1. The molecule has 0 saturated carbocycles. The molecule has 0 bridgehead atoms. The van der Waals surface area contributed by atoms with Gasteiger partial charge in [-0.25, -0.2) is 4.98 Å². The van der Waals surface area contributed by atoms with Crippen LogP contribution in [0.4, 0.5) is 5.82 Å². The van der Waals surface area contributed by atoms with Crippen LogP contribution in [0.1, 0.15) is 37.0 Å². The molecule has 3 rings (SSSR count). The van der Waals surface area contributed by atoms with Crippen LogP contribution in [0.3, 0.4) is 0 Å². The molecule has 1 aliphatic rings. The summed E-state index contributed by atoms with van der Waals surface area (Å²) in [6.45, 7) is 7.07. The van der Waals surface area contributed by atoms with Crippen LogP contribution in [0, 0.1) is 6.92 Å². The van der Waals surface area contributed by atoms with Crippen LogP contribution in [0.25, 0.3) is 0 Å². The number of aliphatic hydroxyl groups excluding tert-OH is 1. The van der Waals surface area contributed by atoms with Gasteiger partial charge in [-0.05, 0) is 56.0 Å². The number of nitrogens with one attached hydrogen (secondary N) is 2. The number of piperidine rings is 1. The van der Waals surface area contributed by atoms with Crippen molar-refractivity contribution in [3.63, 3.8) is 0 Å². The van der Waals surface area contributed by atoms with Gasteiger partial charge in [0.1, 0.15) is 11.6 Å². The zero-order chi connectivity index (χ0) is 21.3. The number of methoxy groups -OCH3 is 1. The van der Waals surface area contributed by atoms with Crippen LogP contribution in [-0.4, -0.2) is 55.4 Å². The first-order chi connectivity index (χ1) is 14.6. The second-order valence-corrected chi connectivity index (χ2v) is 7.61. The maximum Gasteiger partial charge on any atom is 0.191 e. The summed E-state index contributed by atoms with van der Waals surface area (Å²) in [5.41, 5.74) is 1.98. The maximum absolute atomic E-state index is 10.5. The van der Waals surface area contributed by atoms with Gasteiger partial charge in [-0.3, -0.25) is 4.99 Å². The average Bonchev–Trinajstić information content (AvgIpc) is 2.78. The SMILES string of the molecule is CCNC(=NCC(O)c1cccc(OC)c1)NC1CCN(c2ccc(C)cn2)CC1.I. The molecule has 1 atom stereocenters. The van der Waals surface area contributed by atoms with Crippen molar-refractivity contribution in [3.8, 4) is 5.75 Å². The lowest BCUT2D eigenvalue weighted by Crippen LogP contribution is -2.49. The summed E-state index contributed by atoms with van der Waals surface area (Å²) in [5, 5.41) is 17.3. The van der Waals surface area contributed by atoms with E-state index in [1.165, 1.54) is 5.56 Å². The monoisotopic (exact) mass is 539 g/mol. The minimum Gasteiger partial charge on any atom is -0.497 e. The van der Waals surface area contributed by atoms with Gasteiger partial charge in [-0.1, -0.05) is 18.2 Å². The fraction of sp³-hybridized carbons (Fsp3) is 0.478. The Morgan fingerprint density at radius 1 is 1.29 bits per heavy atom. The number of nitrogens with zero attached hydrogens (tertiary/aromatic N) is 3. The number of pyridine rings is 1. The van der Waals surface area contributed by atoms with Gasteiger partial charge >= 0.3 is 0 Å². The van der Waals surface area contributed by atoms with E-state index in [4.69, 9.17) is 4.74 Å². The maximum atomic E-state index is 10.5. The number of ether oxygens (including phenoxy) is 1. The van der Waals surface area contributed by atoms with Gasteiger partial charge in [-0.15, -0.1) is 24.0 Å². The van der Waals surface area contributed by atoms with Gasteiger partial charge in [-0.2, -0.15) is 0 Å². The highest BCUT2D eigenvalue weighted by Crippen LogP contribution is 2.20. The number of aryl methyl sites for hydroxylation is 1. The zero-order valence-corrected chi connectivity index (χ0v) is 20.9. The minimum absolute atomic E-state index is 0. The van der Waals surface area contributed by atoms with E-state index in [1.807, 2.05) is 37.4 Å². The molecule has 1 fully saturated rings. The Labute approximate surface area is 202 Å². The first-order valence-electron chi connectivity index (χ1n) is 10.6. The van der Waals surface area contributed by atoms with E-state index in [0.717, 1.165) is 55.6 Å². The van der Waals surface area contributed by atoms with Crippen LogP contribution in [0.15, 0.2) is 47.6 Å². The molecule has 1 aliphatic heterocycles.